The van der Waals surface area contributed by atoms with E-state index in [1.165, 1.54) is 21.3 Å². The number of amides is 4. The Morgan fingerprint density at radius 2 is 1.61 bits per heavy atom. The first-order valence-electron chi connectivity index (χ1n) is 19.1. The lowest BCUT2D eigenvalue weighted by Gasteiger charge is -2.41. The first-order chi connectivity index (χ1) is 25.6. The van der Waals surface area contributed by atoms with Crippen molar-refractivity contribution in [3.8, 4) is 0 Å². The van der Waals surface area contributed by atoms with Gasteiger partial charge in [0.1, 0.15) is 12.1 Å². The summed E-state index contributed by atoms with van der Waals surface area (Å²) < 4.78 is 16.9. The summed E-state index contributed by atoms with van der Waals surface area (Å²) in [5.41, 5.74) is 0.869. The molecule has 1 aliphatic heterocycles. The van der Waals surface area contributed by atoms with Crippen LogP contribution in [0, 0.1) is 17.8 Å². The summed E-state index contributed by atoms with van der Waals surface area (Å²) in [5.74, 6) is -2.63. The zero-order chi connectivity index (χ0) is 40.7. The molecule has 4 amide bonds. The van der Waals surface area contributed by atoms with Gasteiger partial charge in [-0.25, -0.2) is 4.79 Å². The Morgan fingerprint density at radius 1 is 0.963 bits per heavy atom. The van der Waals surface area contributed by atoms with Gasteiger partial charge in [-0.1, -0.05) is 71.4 Å². The number of carbonyl (C=O) groups is 5. The molecule has 1 heterocycles. The Morgan fingerprint density at radius 3 is 2.13 bits per heavy atom. The van der Waals surface area contributed by atoms with Crippen molar-refractivity contribution in [1.82, 2.24) is 25.8 Å². The Labute approximate surface area is 322 Å². The number of nitrogens with zero attached hydrogens (tertiary/aromatic N) is 3. The fraction of sp³-hybridized carbons (Fsp3) is 0.700. The number of rotatable bonds is 22. The summed E-state index contributed by atoms with van der Waals surface area (Å²) in [6, 6.07) is 5.39. The second-order valence-electron chi connectivity index (χ2n) is 14.8. The van der Waals surface area contributed by atoms with Crippen LogP contribution in [0.2, 0.25) is 0 Å². The standard InChI is InChI=1S/C40H66N6O8/c1-13-25(4)35(45(9)39(50)34(27(6)41-7)44-38(49)33(42-8)24(2)3)31(52-10)23-32(47)46-21-17-20-30(46)36(53-11)26(5)37(48)43-29(40(51)54-12)22-28-18-15-14-16-19-28/h14-16,18-19,24-27,29-31,33-36,42H,7,13,17,20-23H2,1-6,8-12H3,(H,43,48)(H,44,49)/t25-,26+,27-,29-,30-,31+,33-,34-,35-,36+/m0/s1. The molecular formula is C40H66N6O8. The number of aliphatic imine (C=N–C) groups is 1. The highest BCUT2D eigenvalue weighted by Gasteiger charge is 2.43. The van der Waals surface area contributed by atoms with Gasteiger partial charge in [-0.15, -0.1) is 0 Å². The number of ether oxygens (including phenoxy) is 3. The van der Waals surface area contributed by atoms with E-state index in [0.29, 0.717) is 25.8 Å². The Balaban J connectivity index is 2.30. The molecule has 0 aliphatic carbocycles. The van der Waals surface area contributed by atoms with E-state index in [1.54, 1.807) is 37.7 Å². The third-order valence-electron chi connectivity index (χ3n) is 10.9. The van der Waals surface area contributed by atoms with E-state index in [-0.39, 0.29) is 42.4 Å². The van der Waals surface area contributed by atoms with Gasteiger partial charge in [0.05, 0.1) is 55.8 Å². The fourth-order valence-electron chi connectivity index (χ4n) is 7.52. The molecule has 10 atom stereocenters. The number of nitrogens with one attached hydrogen (secondary N) is 3. The van der Waals surface area contributed by atoms with Gasteiger partial charge in [-0.3, -0.25) is 24.2 Å². The molecule has 1 aromatic rings. The SMILES string of the molecule is C=N[C@@H](C)[C@H](NC(=O)[C@@H](NC)C(C)C)C(=O)N(C)[C@@H]([C@@H](C)CC)[C@@H](CC(=O)N1CCC[C@H]1[C@H](OC)[C@@H](C)C(=O)N[C@@H](Cc1ccccc1)C(=O)OC)OC. The molecule has 14 heteroatoms. The molecule has 54 heavy (non-hydrogen) atoms. The van der Waals surface area contributed by atoms with Crippen molar-refractivity contribution in [3.05, 3.63) is 35.9 Å². The maximum absolute atomic E-state index is 14.2. The van der Waals surface area contributed by atoms with Crippen LogP contribution >= 0.6 is 0 Å². The highest BCUT2D eigenvalue weighted by Crippen LogP contribution is 2.29. The molecule has 1 aromatic carbocycles. The van der Waals surface area contributed by atoms with E-state index in [9.17, 15) is 24.0 Å². The second kappa shape index (κ2) is 22.5. The normalized spacial score (nSPS) is 19.3. The Kier molecular flexibility index (Phi) is 19.3. The third-order valence-corrected chi connectivity index (χ3v) is 10.9. The average molecular weight is 759 g/mol. The van der Waals surface area contributed by atoms with Gasteiger partial charge in [0.15, 0.2) is 0 Å². The van der Waals surface area contributed by atoms with Crippen molar-refractivity contribution in [1.29, 1.82) is 0 Å². The van der Waals surface area contributed by atoms with Gasteiger partial charge < -0.3 is 40.0 Å². The van der Waals surface area contributed by atoms with Crippen molar-refractivity contribution in [2.45, 2.75) is 122 Å². The lowest BCUT2D eigenvalue weighted by Crippen LogP contribution is -2.60. The number of methoxy groups -OCH3 is 3. The summed E-state index contributed by atoms with van der Waals surface area (Å²) in [6.07, 6.45) is 0.910. The molecule has 0 unspecified atom stereocenters. The summed E-state index contributed by atoms with van der Waals surface area (Å²) in [4.78, 5) is 75.4. The molecule has 14 nitrogen and oxygen atoms in total. The highest BCUT2D eigenvalue weighted by atomic mass is 16.5. The van der Waals surface area contributed by atoms with Crippen LogP contribution in [0.5, 0.6) is 0 Å². The molecule has 0 spiro atoms. The van der Waals surface area contributed by atoms with Crippen LogP contribution in [-0.4, -0.2) is 137 Å². The minimum Gasteiger partial charge on any atom is -0.467 e. The highest BCUT2D eigenvalue weighted by molar-refractivity contribution is 5.91. The van der Waals surface area contributed by atoms with Crippen LogP contribution in [0.3, 0.4) is 0 Å². The van der Waals surface area contributed by atoms with Crippen molar-refractivity contribution < 1.29 is 38.2 Å². The van der Waals surface area contributed by atoms with Crippen molar-refractivity contribution in [2.24, 2.45) is 22.7 Å². The van der Waals surface area contributed by atoms with E-state index in [0.717, 1.165) is 5.56 Å². The number of hydrogen-bond acceptors (Lipinski definition) is 10. The predicted octanol–water partition coefficient (Wildman–Crippen LogP) is 2.63. The minimum atomic E-state index is -0.987. The molecule has 2 rings (SSSR count). The van der Waals surface area contributed by atoms with Gasteiger partial charge in [0, 0.05) is 34.2 Å². The molecule has 0 saturated carbocycles. The number of likely N-dealkylation sites (N-methyl/N-ethyl adjacent to an activating group) is 2. The number of benzene rings is 1. The van der Waals surface area contributed by atoms with Gasteiger partial charge in [-0.2, -0.15) is 0 Å². The number of esters is 1. The van der Waals surface area contributed by atoms with Crippen LogP contribution in [0.4, 0.5) is 0 Å². The van der Waals surface area contributed by atoms with E-state index < -0.39 is 66.3 Å². The van der Waals surface area contributed by atoms with Crippen LogP contribution in [0.25, 0.3) is 0 Å². The smallest absolute Gasteiger partial charge is 0.328 e. The maximum atomic E-state index is 14.2. The number of likely N-dealkylation sites (tertiary alicyclic amines) is 1. The van der Waals surface area contributed by atoms with Gasteiger partial charge in [0.2, 0.25) is 23.6 Å². The van der Waals surface area contributed by atoms with Crippen LogP contribution in [0.15, 0.2) is 35.3 Å². The monoisotopic (exact) mass is 758 g/mol. The fourth-order valence-corrected chi connectivity index (χ4v) is 7.52. The molecule has 0 bridgehead atoms. The average Bonchev–Trinajstić information content (AvgIpc) is 3.65. The van der Waals surface area contributed by atoms with Crippen LogP contribution in [-0.2, 0) is 44.6 Å². The van der Waals surface area contributed by atoms with E-state index in [2.05, 4.69) is 27.7 Å². The Hall–Kier alpha value is -3.88. The van der Waals surface area contributed by atoms with Crippen LogP contribution < -0.4 is 16.0 Å². The number of carbonyl (C=O) groups excluding carboxylic acids is 5. The molecule has 0 aromatic heterocycles. The summed E-state index contributed by atoms with van der Waals surface area (Å²) >= 11 is 0. The molecule has 1 fully saturated rings. The molecule has 304 valence electrons. The van der Waals surface area contributed by atoms with Crippen molar-refractivity contribution in [3.63, 3.8) is 0 Å². The first kappa shape index (κ1) is 46.3. The zero-order valence-electron chi connectivity index (χ0n) is 34.3. The quantitative estimate of drug-likeness (QED) is 0.119. The lowest BCUT2D eigenvalue weighted by atomic mass is 9.89. The summed E-state index contributed by atoms with van der Waals surface area (Å²) in [5, 5.41) is 8.76. The molecule has 3 N–H and O–H groups in total. The molecular weight excluding hydrogens is 692 g/mol. The van der Waals surface area contributed by atoms with Gasteiger partial charge >= 0.3 is 5.97 Å². The predicted molar refractivity (Wildman–Crippen MR) is 209 cm³/mol. The van der Waals surface area contributed by atoms with E-state index >= 15 is 0 Å². The topological polar surface area (TPSA) is 168 Å². The maximum Gasteiger partial charge on any atom is 0.328 e. The van der Waals surface area contributed by atoms with Crippen LogP contribution in [0.1, 0.15) is 72.8 Å². The third kappa shape index (κ3) is 12.1. The Bertz CT molecular complexity index is 1380. The lowest BCUT2D eigenvalue weighted by molar-refractivity contribution is -0.148. The number of hydrogen-bond donors (Lipinski definition) is 3. The molecule has 1 aliphatic rings. The van der Waals surface area contributed by atoms with E-state index in [1.807, 2.05) is 58.0 Å². The second-order valence-corrected chi connectivity index (χ2v) is 14.8. The molecule has 1 saturated heterocycles. The van der Waals surface area contributed by atoms with Gasteiger partial charge in [-0.05, 0) is 50.9 Å². The summed E-state index contributed by atoms with van der Waals surface area (Å²) in [6.45, 7) is 15.4. The largest absolute Gasteiger partial charge is 0.467 e. The summed E-state index contributed by atoms with van der Waals surface area (Å²) in [7, 11) is 7.69. The zero-order valence-corrected chi connectivity index (χ0v) is 34.3. The molecule has 0 radical (unpaired) electrons. The van der Waals surface area contributed by atoms with E-state index in [4.69, 9.17) is 14.2 Å². The van der Waals surface area contributed by atoms with Crippen molar-refractivity contribution in [2.75, 3.05) is 42.0 Å². The first-order valence-corrected chi connectivity index (χ1v) is 19.1. The van der Waals surface area contributed by atoms with Gasteiger partial charge in [0.25, 0.3) is 0 Å². The minimum absolute atomic E-state index is 0.0203. The van der Waals surface area contributed by atoms with Crippen molar-refractivity contribution >= 4 is 36.3 Å².